The van der Waals surface area contributed by atoms with Gasteiger partial charge in [0.1, 0.15) is 5.82 Å². The highest BCUT2D eigenvalue weighted by molar-refractivity contribution is 5.44. The number of hydrogen-bond donors (Lipinski definition) is 1. The Hall–Kier alpha value is -1.09. The molecule has 2 heterocycles. The van der Waals surface area contributed by atoms with Crippen molar-refractivity contribution in [3.8, 4) is 0 Å². The Morgan fingerprint density at radius 3 is 2.62 bits per heavy atom. The first-order chi connectivity index (χ1) is 9.94. The van der Waals surface area contributed by atoms with Crippen LogP contribution in [0.25, 0.3) is 0 Å². The summed E-state index contributed by atoms with van der Waals surface area (Å²) in [4.78, 5) is 7.29. The molecule has 0 saturated carbocycles. The van der Waals surface area contributed by atoms with Crippen molar-refractivity contribution >= 4 is 5.82 Å². The van der Waals surface area contributed by atoms with Gasteiger partial charge >= 0.3 is 0 Å². The Balaban J connectivity index is 2.26. The summed E-state index contributed by atoms with van der Waals surface area (Å²) < 4.78 is 0. The predicted molar refractivity (Wildman–Crippen MR) is 88.7 cm³/mol. The third-order valence-electron chi connectivity index (χ3n) is 4.57. The average Bonchev–Trinajstić information content (AvgIpc) is 2.71. The molecule has 0 bridgehead atoms. The number of nitrogens with zero attached hydrogens (tertiary/aromatic N) is 2. The van der Waals surface area contributed by atoms with Crippen LogP contribution in [0.5, 0.6) is 0 Å². The quantitative estimate of drug-likeness (QED) is 0.917. The van der Waals surface area contributed by atoms with Crippen molar-refractivity contribution in [1.82, 2.24) is 4.98 Å². The topological polar surface area (TPSA) is 36.4 Å². The molecule has 0 aromatic carbocycles. The van der Waals surface area contributed by atoms with Gasteiger partial charge in [-0.05, 0) is 42.9 Å². The molecule has 1 atom stereocenters. The molecule has 1 N–H and O–H groups in total. The third-order valence-corrected chi connectivity index (χ3v) is 4.57. The maximum Gasteiger partial charge on any atom is 0.129 e. The van der Waals surface area contributed by atoms with Gasteiger partial charge in [0, 0.05) is 24.2 Å². The van der Waals surface area contributed by atoms with Crippen LogP contribution in [0.2, 0.25) is 0 Å². The second-order valence-electron chi connectivity index (χ2n) is 7.32. The molecule has 3 nitrogen and oxygen atoms in total. The number of aromatic nitrogens is 1. The lowest BCUT2D eigenvalue weighted by molar-refractivity contribution is 0.281. The van der Waals surface area contributed by atoms with Gasteiger partial charge in [-0.2, -0.15) is 0 Å². The van der Waals surface area contributed by atoms with Crippen LogP contribution in [0.3, 0.4) is 0 Å². The minimum Gasteiger partial charge on any atom is -0.392 e. The number of aliphatic hydroxyl groups excluding tert-OH is 1. The molecule has 0 aliphatic carbocycles. The first-order valence-electron chi connectivity index (χ1n) is 8.31. The molecular formula is C18H30N2O. The van der Waals surface area contributed by atoms with E-state index in [-0.39, 0.29) is 12.0 Å². The zero-order valence-electron chi connectivity index (χ0n) is 14.0. The number of aliphatic hydroxyl groups is 1. The van der Waals surface area contributed by atoms with E-state index in [9.17, 15) is 5.11 Å². The van der Waals surface area contributed by atoms with Gasteiger partial charge < -0.3 is 10.0 Å². The Labute approximate surface area is 129 Å². The van der Waals surface area contributed by atoms with Gasteiger partial charge in [-0.15, -0.1) is 0 Å². The molecule has 0 radical (unpaired) electrons. The van der Waals surface area contributed by atoms with Crippen molar-refractivity contribution < 1.29 is 5.11 Å². The van der Waals surface area contributed by atoms with Gasteiger partial charge in [-0.25, -0.2) is 4.98 Å². The van der Waals surface area contributed by atoms with Crippen LogP contribution >= 0.6 is 0 Å². The van der Waals surface area contributed by atoms with E-state index in [2.05, 4.69) is 38.7 Å². The summed E-state index contributed by atoms with van der Waals surface area (Å²) in [5.74, 6) is 1.90. The summed E-state index contributed by atoms with van der Waals surface area (Å²) in [7, 11) is 0. The van der Waals surface area contributed by atoms with Crippen LogP contribution in [0.15, 0.2) is 12.1 Å². The molecule has 1 aliphatic heterocycles. The molecule has 1 aromatic rings. The fourth-order valence-corrected chi connectivity index (χ4v) is 3.01. The van der Waals surface area contributed by atoms with Crippen LogP contribution in [0, 0.1) is 5.92 Å². The van der Waals surface area contributed by atoms with Crippen molar-refractivity contribution in [2.75, 3.05) is 18.0 Å². The van der Waals surface area contributed by atoms with Crippen LogP contribution < -0.4 is 4.90 Å². The molecule has 118 valence electrons. The van der Waals surface area contributed by atoms with Gasteiger partial charge in [-0.1, -0.05) is 34.1 Å². The van der Waals surface area contributed by atoms with E-state index in [1.165, 1.54) is 25.7 Å². The van der Waals surface area contributed by atoms with Crippen molar-refractivity contribution in [1.29, 1.82) is 0 Å². The van der Waals surface area contributed by atoms with Crippen LogP contribution in [-0.2, 0) is 12.0 Å². The maximum atomic E-state index is 9.54. The standard InChI is InChI=1S/C18H30N2O/c1-5-14-7-6-9-20(10-8-14)17-12-15(13-21)11-16(19-17)18(2,3)4/h11-12,14,21H,5-10,13H2,1-4H3. The first-order valence-corrected chi connectivity index (χ1v) is 8.31. The van der Waals surface area contributed by atoms with Gasteiger partial charge in [0.25, 0.3) is 0 Å². The lowest BCUT2D eigenvalue weighted by Crippen LogP contribution is -2.27. The second kappa shape index (κ2) is 6.78. The molecule has 1 aromatic heterocycles. The van der Waals surface area contributed by atoms with E-state index < -0.39 is 0 Å². The lowest BCUT2D eigenvalue weighted by atomic mass is 9.91. The van der Waals surface area contributed by atoms with E-state index in [1.807, 2.05) is 6.07 Å². The van der Waals surface area contributed by atoms with Gasteiger partial charge in [0.05, 0.1) is 6.61 Å². The van der Waals surface area contributed by atoms with Gasteiger partial charge in [0.2, 0.25) is 0 Å². The summed E-state index contributed by atoms with van der Waals surface area (Å²) in [5.41, 5.74) is 2.05. The van der Waals surface area contributed by atoms with Crippen LogP contribution in [0.1, 0.15) is 64.6 Å². The summed E-state index contributed by atoms with van der Waals surface area (Å²) in [6.45, 7) is 11.1. The molecule has 2 rings (SSSR count). The highest BCUT2D eigenvalue weighted by Crippen LogP contribution is 2.28. The summed E-state index contributed by atoms with van der Waals surface area (Å²) in [6, 6.07) is 4.09. The molecular weight excluding hydrogens is 260 g/mol. The Morgan fingerprint density at radius 2 is 2.00 bits per heavy atom. The number of rotatable bonds is 3. The molecule has 3 heteroatoms. The number of pyridine rings is 1. The zero-order valence-corrected chi connectivity index (χ0v) is 14.0. The molecule has 0 spiro atoms. The minimum absolute atomic E-state index is 0.0116. The lowest BCUT2D eigenvalue weighted by Gasteiger charge is -2.26. The van der Waals surface area contributed by atoms with Gasteiger partial charge in [0.15, 0.2) is 0 Å². The smallest absolute Gasteiger partial charge is 0.129 e. The van der Waals surface area contributed by atoms with E-state index >= 15 is 0 Å². The number of hydrogen-bond acceptors (Lipinski definition) is 3. The van der Waals surface area contributed by atoms with Crippen molar-refractivity contribution in [3.63, 3.8) is 0 Å². The Bertz CT molecular complexity index is 465. The fourth-order valence-electron chi connectivity index (χ4n) is 3.01. The number of anilines is 1. The minimum atomic E-state index is 0.0116. The normalized spacial score (nSPS) is 20.4. The van der Waals surface area contributed by atoms with E-state index in [0.717, 1.165) is 36.1 Å². The van der Waals surface area contributed by atoms with Crippen molar-refractivity contribution in [2.45, 2.75) is 65.4 Å². The summed E-state index contributed by atoms with van der Waals surface area (Å²) in [6.07, 6.45) is 5.12. The maximum absolute atomic E-state index is 9.54. The molecule has 1 unspecified atom stereocenters. The second-order valence-corrected chi connectivity index (χ2v) is 7.32. The SMILES string of the molecule is CCC1CCCN(c2cc(CO)cc(C(C)(C)C)n2)CC1. The monoisotopic (exact) mass is 290 g/mol. The molecule has 1 saturated heterocycles. The predicted octanol–water partition coefficient (Wildman–Crippen LogP) is 3.89. The highest BCUT2D eigenvalue weighted by atomic mass is 16.3. The summed E-state index contributed by atoms with van der Waals surface area (Å²) in [5, 5.41) is 9.54. The molecule has 1 fully saturated rings. The first kappa shape index (κ1) is 16.3. The molecule has 1 aliphatic rings. The van der Waals surface area contributed by atoms with E-state index in [1.54, 1.807) is 0 Å². The van der Waals surface area contributed by atoms with Crippen LogP contribution in [0.4, 0.5) is 5.82 Å². The Morgan fingerprint density at radius 1 is 1.24 bits per heavy atom. The Kier molecular flexibility index (Phi) is 5.26. The van der Waals surface area contributed by atoms with E-state index in [4.69, 9.17) is 4.98 Å². The van der Waals surface area contributed by atoms with Crippen molar-refractivity contribution in [3.05, 3.63) is 23.4 Å². The average molecular weight is 290 g/mol. The summed E-state index contributed by atoms with van der Waals surface area (Å²) >= 11 is 0. The largest absolute Gasteiger partial charge is 0.392 e. The third kappa shape index (κ3) is 4.19. The highest BCUT2D eigenvalue weighted by Gasteiger charge is 2.21. The molecule has 0 amide bonds. The van der Waals surface area contributed by atoms with Crippen LogP contribution in [-0.4, -0.2) is 23.2 Å². The van der Waals surface area contributed by atoms with E-state index in [0.29, 0.717) is 0 Å². The molecule has 21 heavy (non-hydrogen) atoms. The van der Waals surface area contributed by atoms with Gasteiger partial charge in [-0.3, -0.25) is 0 Å². The van der Waals surface area contributed by atoms with Crippen molar-refractivity contribution in [2.24, 2.45) is 5.92 Å². The fraction of sp³-hybridized carbons (Fsp3) is 0.722. The zero-order chi connectivity index (χ0) is 15.5.